The second-order valence-electron chi connectivity index (χ2n) is 4.57. The Labute approximate surface area is 97.0 Å². The summed E-state index contributed by atoms with van der Waals surface area (Å²) in [4.78, 5) is 4.39. The predicted molar refractivity (Wildman–Crippen MR) is 65.6 cm³/mol. The van der Waals surface area contributed by atoms with E-state index in [-0.39, 0.29) is 6.04 Å². The molecule has 2 heterocycles. The number of likely N-dealkylation sites (tertiary alicyclic amines) is 1. The summed E-state index contributed by atoms with van der Waals surface area (Å²) in [6.45, 7) is 2.90. The van der Waals surface area contributed by atoms with Gasteiger partial charge in [-0.3, -0.25) is 4.90 Å². The Morgan fingerprint density at radius 1 is 1.38 bits per heavy atom. The fourth-order valence-corrected chi connectivity index (χ4v) is 2.26. The van der Waals surface area contributed by atoms with E-state index in [1.165, 1.54) is 12.8 Å². The van der Waals surface area contributed by atoms with Crippen LogP contribution in [0.3, 0.4) is 0 Å². The number of anilines is 1. The molecule has 1 aliphatic rings. The van der Waals surface area contributed by atoms with E-state index in [2.05, 4.69) is 4.90 Å². The molecule has 1 aromatic heterocycles. The van der Waals surface area contributed by atoms with Crippen molar-refractivity contribution in [3.05, 3.63) is 17.9 Å². The second-order valence-corrected chi connectivity index (χ2v) is 4.57. The van der Waals surface area contributed by atoms with Crippen LogP contribution in [0.1, 0.15) is 24.6 Å². The summed E-state index contributed by atoms with van der Waals surface area (Å²) >= 11 is 0. The Balaban J connectivity index is 2.12. The van der Waals surface area contributed by atoms with Crippen molar-refractivity contribution >= 4 is 5.88 Å². The van der Waals surface area contributed by atoms with Crippen molar-refractivity contribution < 1.29 is 4.42 Å². The first-order chi connectivity index (χ1) is 7.72. The average molecular weight is 223 g/mol. The largest absolute Gasteiger partial charge is 0.444 e. The number of hydrogen-bond acceptors (Lipinski definition) is 4. The summed E-state index contributed by atoms with van der Waals surface area (Å²) in [6.07, 6.45) is 2.55. The van der Waals surface area contributed by atoms with E-state index in [1.807, 2.05) is 31.1 Å². The fourth-order valence-electron chi connectivity index (χ4n) is 2.26. The molecule has 1 fully saturated rings. The molecule has 0 spiro atoms. The van der Waals surface area contributed by atoms with Gasteiger partial charge < -0.3 is 15.1 Å². The number of nitrogens with zero attached hydrogens (tertiary/aromatic N) is 2. The van der Waals surface area contributed by atoms with Crippen LogP contribution < -0.4 is 10.6 Å². The minimum atomic E-state index is 0.246. The van der Waals surface area contributed by atoms with Gasteiger partial charge in [0, 0.05) is 26.7 Å². The molecule has 0 radical (unpaired) electrons. The first-order valence-electron chi connectivity index (χ1n) is 5.93. The fraction of sp³-hybridized carbons (Fsp3) is 0.667. The van der Waals surface area contributed by atoms with Crippen LogP contribution in [0.4, 0.5) is 5.88 Å². The number of furan rings is 1. The Bertz CT molecular complexity index is 329. The molecule has 90 valence electrons. The minimum absolute atomic E-state index is 0.246. The van der Waals surface area contributed by atoms with Gasteiger partial charge in [0.05, 0.1) is 6.04 Å². The lowest BCUT2D eigenvalue weighted by Crippen LogP contribution is -2.31. The highest BCUT2D eigenvalue weighted by molar-refractivity contribution is 5.34. The van der Waals surface area contributed by atoms with Crippen LogP contribution in [0, 0.1) is 0 Å². The van der Waals surface area contributed by atoms with Gasteiger partial charge in [0.1, 0.15) is 5.76 Å². The SMILES string of the molecule is CN(C)c1ccc(C(CN)N2CCCC2)o1. The number of hydrogen-bond donors (Lipinski definition) is 1. The smallest absolute Gasteiger partial charge is 0.195 e. The van der Waals surface area contributed by atoms with Crippen LogP contribution in [-0.4, -0.2) is 38.6 Å². The monoisotopic (exact) mass is 223 g/mol. The molecule has 0 saturated carbocycles. The summed E-state index contributed by atoms with van der Waals surface area (Å²) in [6, 6.07) is 4.30. The Kier molecular flexibility index (Phi) is 3.51. The van der Waals surface area contributed by atoms with Gasteiger partial charge in [0.2, 0.25) is 0 Å². The third-order valence-electron chi connectivity index (χ3n) is 3.19. The summed E-state index contributed by atoms with van der Waals surface area (Å²) in [5.41, 5.74) is 5.85. The summed E-state index contributed by atoms with van der Waals surface area (Å²) in [7, 11) is 3.96. The van der Waals surface area contributed by atoms with Gasteiger partial charge in [-0.2, -0.15) is 0 Å². The lowest BCUT2D eigenvalue weighted by Gasteiger charge is -2.24. The van der Waals surface area contributed by atoms with Crippen LogP contribution in [0.2, 0.25) is 0 Å². The van der Waals surface area contributed by atoms with Crippen LogP contribution in [-0.2, 0) is 0 Å². The maximum Gasteiger partial charge on any atom is 0.195 e. The Hall–Kier alpha value is -1.00. The van der Waals surface area contributed by atoms with E-state index >= 15 is 0 Å². The normalized spacial score (nSPS) is 18.9. The highest BCUT2D eigenvalue weighted by Gasteiger charge is 2.24. The molecule has 2 rings (SSSR count). The highest BCUT2D eigenvalue weighted by Crippen LogP contribution is 2.28. The number of nitrogens with two attached hydrogens (primary N) is 1. The van der Waals surface area contributed by atoms with E-state index in [9.17, 15) is 0 Å². The Morgan fingerprint density at radius 2 is 2.06 bits per heavy atom. The second kappa shape index (κ2) is 4.89. The third kappa shape index (κ3) is 2.23. The molecule has 2 N–H and O–H groups in total. The van der Waals surface area contributed by atoms with Crippen molar-refractivity contribution in [3.8, 4) is 0 Å². The van der Waals surface area contributed by atoms with Crippen molar-refractivity contribution in [3.63, 3.8) is 0 Å². The molecule has 4 nitrogen and oxygen atoms in total. The maximum atomic E-state index is 5.85. The zero-order valence-corrected chi connectivity index (χ0v) is 10.1. The van der Waals surface area contributed by atoms with E-state index < -0.39 is 0 Å². The summed E-state index contributed by atoms with van der Waals surface area (Å²) in [5, 5.41) is 0. The van der Waals surface area contributed by atoms with E-state index in [0.717, 1.165) is 24.7 Å². The van der Waals surface area contributed by atoms with Crippen molar-refractivity contribution in [2.24, 2.45) is 5.73 Å². The molecule has 1 unspecified atom stereocenters. The van der Waals surface area contributed by atoms with Crippen LogP contribution in [0.5, 0.6) is 0 Å². The number of rotatable bonds is 4. The van der Waals surface area contributed by atoms with E-state index in [0.29, 0.717) is 6.54 Å². The summed E-state index contributed by atoms with van der Waals surface area (Å²) < 4.78 is 5.81. The van der Waals surface area contributed by atoms with Gasteiger partial charge >= 0.3 is 0 Å². The lowest BCUT2D eigenvalue weighted by molar-refractivity contribution is 0.221. The van der Waals surface area contributed by atoms with Crippen molar-refractivity contribution in [1.29, 1.82) is 0 Å². The molecule has 1 saturated heterocycles. The topological polar surface area (TPSA) is 45.6 Å². The van der Waals surface area contributed by atoms with Crippen molar-refractivity contribution in [2.45, 2.75) is 18.9 Å². The van der Waals surface area contributed by atoms with Crippen LogP contribution in [0.25, 0.3) is 0 Å². The lowest BCUT2D eigenvalue weighted by atomic mass is 10.2. The molecule has 16 heavy (non-hydrogen) atoms. The molecule has 0 amide bonds. The van der Waals surface area contributed by atoms with Crippen LogP contribution in [0.15, 0.2) is 16.5 Å². The highest BCUT2D eigenvalue weighted by atomic mass is 16.4. The van der Waals surface area contributed by atoms with Crippen molar-refractivity contribution in [1.82, 2.24) is 4.90 Å². The summed E-state index contributed by atoms with van der Waals surface area (Å²) in [5.74, 6) is 1.89. The van der Waals surface area contributed by atoms with Gasteiger partial charge in [-0.1, -0.05) is 0 Å². The zero-order valence-electron chi connectivity index (χ0n) is 10.1. The van der Waals surface area contributed by atoms with Gasteiger partial charge in [0.25, 0.3) is 0 Å². The van der Waals surface area contributed by atoms with E-state index in [4.69, 9.17) is 10.2 Å². The van der Waals surface area contributed by atoms with Crippen LogP contribution >= 0.6 is 0 Å². The molecule has 4 heteroatoms. The zero-order chi connectivity index (χ0) is 11.5. The van der Waals surface area contributed by atoms with Gasteiger partial charge in [-0.25, -0.2) is 0 Å². The molecule has 1 aromatic rings. The Morgan fingerprint density at radius 3 is 2.56 bits per heavy atom. The van der Waals surface area contributed by atoms with Crippen molar-refractivity contribution in [2.75, 3.05) is 38.6 Å². The van der Waals surface area contributed by atoms with Gasteiger partial charge in [-0.15, -0.1) is 0 Å². The molecule has 1 atom stereocenters. The standard InChI is InChI=1S/C12H21N3O/c1-14(2)12-6-5-11(16-12)10(9-13)15-7-3-4-8-15/h5-6,10H,3-4,7-9,13H2,1-2H3. The first kappa shape index (κ1) is 11.5. The molecule has 0 bridgehead atoms. The molecular weight excluding hydrogens is 202 g/mol. The predicted octanol–water partition coefficient (Wildman–Crippen LogP) is 1.44. The molecule has 1 aliphatic heterocycles. The molecule has 0 aromatic carbocycles. The van der Waals surface area contributed by atoms with Gasteiger partial charge in [0.15, 0.2) is 5.88 Å². The maximum absolute atomic E-state index is 5.85. The first-order valence-corrected chi connectivity index (χ1v) is 5.93. The minimum Gasteiger partial charge on any atom is -0.444 e. The van der Waals surface area contributed by atoms with E-state index in [1.54, 1.807) is 0 Å². The molecule has 0 aliphatic carbocycles. The molecular formula is C12H21N3O. The third-order valence-corrected chi connectivity index (χ3v) is 3.19. The average Bonchev–Trinajstić information content (AvgIpc) is 2.88. The van der Waals surface area contributed by atoms with Gasteiger partial charge in [-0.05, 0) is 32.0 Å². The quantitative estimate of drug-likeness (QED) is 0.839.